The monoisotopic (exact) mass is 1050 g/mol. The number of H-pyrrole nitrogens is 1. The van der Waals surface area contributed by atoms with Crippen LogP contribution in [0, 0.1) is 10.8 Å². The SMILES string of the molecule is CN1CCC2(CC1)CN(S(=O)(=O)c1nc(Nc3c4c(cc5c3CCC5)CCC4)n[nH]1)C2.CN1CCC2(CC1)CNC2.C[Si](C)(C)CCOCn1nc(S(=O)(=O)Cl)nc1Nc1c2c(cc3c1CCC3)CCC2. The Morgan fingerprint density at radius 2 is 1.20 bits per heavy atom. The lowest BCUT2D eigenvalue weighted by atomic mass is 9.73. The highest BCUT2D eigenvalue weighted by atomic mass is 35.7. The van der Waals surface area contributed by atoms with Crippen molar-refractivity contribution in [3.63, 3.8) is 0 Å². The molecule has 8 aliphatic rings. The van der Waals surface area contributed by atoms with Crippen LogP contribution in [0.5, 0.6) is 0 Å². The van der Waals surface area contributed by atoms with Crippen molar-refractivity contribution in [3.05, 3.63) is 56.6 Å². The van der Waals surface area contributed by atoms with Crippen LogP contribution in [0.3, 0.4) is 0 Å². The molecule has 388 valence electrons. The van der Waals surface area contributed by atoms with Gasteiger partial charge in [-0.25, -0.2) is 26.6 Å². The second kappa shape index (κ2) is 20.3. The largest absolute Gasteiger partial charge is 0.359 e. The van der Waals surface area contributed by atoms with Crippen molar-refractivity contribution in [2.75, 3.05) is 83.7 Å². The van der Waals surface area contributed by atoms with E-state index >= 15 is 0 Å². The van der Waals surface area contributed by atoms with Gasteiger partial charge in [-0.05, 0) is 199 Å². The van der Waals surface area contributed by atoms with Gasteiger partial charge in [0.15, 0.2) is 0 Å². The maximum Gasteiger partial charge on any atom is 0.298 e. The van der Waals surface area contributed by atoms with Gasteiger partial charge in [-0.2, -0.15) is 14.3 Å². The first kappa shape index (κ1) is 51.0. The van der Waals surface area contributed by atoms with E-state index in [4.69, 9.17) is 15.4 Å². The third kappa shape index (κ3) is 11.2. The van der Waals surface area contributed by atoms with Gasteiger partial charge in [0.2, 0.25) is 11.9 Å². The average molecular weight is 1050 g/mol. The summed E-state index contributed by atoms with van der Waals surface area (Å²) in [7, 11) is 0.984. The Bertz CT molecular complexity index is 2760. The Balaban J connectivity index is 0.000000137. The number of likely N-dealkylation sites (tertiary alicyclic amines) is 2. The number of rotatable bonds is 12. The van der Waals surface area contributed by atoms with E-state index in [2.05, 4.69) is 96.9 Å². The summed E-state index contributed by atoms with van der Waals surface area (Å²) in [4.78, 5) is 13.3. The summed E-state index contributed by atoms with van der Waals surface area (Å²) in [6.45, 7) is 16.0. The van der Waals surface area contributed by atoms with Crippen molar-refractivity contribution < 1.29 is 21.6 Å². The van der Waals surface area contributed by atoms with Gasteiger partial charge < -0.3 is 30.5 Å². The van der Waals surface area contributed by atoms with Crippen LogP contribution >= 0.6 is 10.7 Å². The lowest BCUT2D eigenvalue weighted by Gasteiger charge is -2.52. The topological polar surface area (TPSA) is 196 Å². The smallest absolute Gasteiger partial charge is 0.298 e. The van der Waals surface area contributed by atoms with Gasteiger partial charge in [-0.15, -0.1) is 10.2 Å². The van der Waals surface area contributed by atoms with Gasteiger partial charge in [0, 0.05) is 68.3 Å². The van der Waals surface area contributed by atoms with E-state index in [1.807, 2.05) is 0 Å². The molecule has 0 amide bonds. The van der Waals surface area contributed by atoms with E-state index in [1.54, 1.807) is 4.31 Å². The fraction of sp³-hybridized carbons (Fsp3) is 0.680. The van der Waals surface area contributed by atoms with Gasteiger partial charge >= 0.3 is 0 Å². The molecule has 0 radical (unpaired) electrons. The van der Waals surface area contributed by atoms with E-state index < -0.39 is 32.3 Å². The van der Waals surface area contributed by atoms with Gasteiger partial charge in [0.25, 0.3) is 29.4 Å². The summed E-state index contributed by atoms with van der Waals surface area (Å²) in [5.74, 6) is 0.708. The van der Waals surface area contributed by atoms with Gasteiger partial charge in [-0.1, -0.05) is 31.8 Å². The van der Waals surface area contributed by atoms with Crippen LogP contribution in [-0.2, 0) is 81.9 Å². The minimum atomic E-state index is -4.03. The standard InChI is InChI=1S/C22H30N6O2S.C20H29ClN4O3SSi.C8H16N2/c1-27-10-8-22(9-11-27)13-28(14-22)31(29,30)21-24-20(25-26-21)23-19-17-6-2-4-15(17)12-16-5-3-7-18(16)19;1-30(2,3)11-10-28-13-25-19(23-20(24-25)29(21,26)27)22-18-16-8-4-6-14(16)12-15-7-5-9-17(15)18;1-10-4-2-8(3-5-10)6-9-7-8/h12H,2-11,13-14H2,1H3,(H2,23,24,25,26);12H,4-11,13H2,1-3H3,(H,22,23,24);9H,2-7H2,1H3. The highest BCUT2D eigenvalue weighted by molar-refractivity contribution is 8.13. The first-order valence-corrected chi connectivity index (χ1v) is 33.7. The Morgan fingerprint density at radius 1 is 0.704 bits per heavy atom. The molecule has 4 fully saturated rings. The van der Waals surface area contributed by atoms with Crippen molar-refractivity contribution >= 4 is 61.1 Å². The highest BCUT2D eigenvalue weighted by Gasteiger charge is 2.50. The molecule has 0 saturated carbocycles. The van der Waals surface area contributed by atoms with Crippen molar-refractivity contribution in [1.29, 1.82) is 0 Å². The van der Waals surface area contributed by atoms with Gasteiger partial charge in [0.05, 0.1) is 0 Å². The van der Waals surface area contributed by atoms with Gasteiger partial charge in [-0.3, -0.25) is 0 Å². The number of hydrogen-bond donors (Lipinski definition) is 4. The Hall–Kier alpha value is -3.47. The third-order valence-corrected chi connectivity index (χ3v) is 21.0. The molecule has 4 aliphatic heterocycles. The number of aromatic nitrogens is 6. The van der Waals surface area contributed by atoms with Crippen LogP contribution < -0.4 is 16.0 Å². The highest BCUT2D eigenvalue weighted by Crippen LogP contribution is 2.44. The van der Waals surface area contributed by atoms with Crippen LogP contribution in [0.1, 0.15) is 95.9 Å². The van der Waals surface area contributed by atoms with Crippen molar-refractivity contribution in [3.8, 4) is 0 Å². The van der Waals surface area contributed by atoms with Crippen LogP contribution in [0.4, 0.5) is 23.3 Å². The lowest BCUT2D eigenvalue weighted by Crippen LogP contribution is -2.61. The third-order valence-electron chi connectivity index (χ3n) is 16.7. The Labute approximate surface area is 426 Å². The quantitative estimate of drug-likeness (QED) is 0.0659. The minimum absolute atomic E-state index is 0.0537. The zero-order chi connectivity index (χ0) is 49.8. The number of hydrogen-bond acceptors (Lipinski definition) is 14. The minimum Gasteiger partial charge on any atom is -0.359 e. The predicted molar refractivity (Wildman–Crippen MR) is 281 cm³/mol. The summed E-state index contributed by atoms with van der Waals surface area (Å²) in [5, 5.41) is 20.7. The summed E-state index contributed by atoms with van der Waals surface area (Å²) < 4.78 is 58.7. The molecule has 6 heterocycles. The molecule has 17 nitrogen and oxygen atoms in total. The summed E-state index contributed by atoms with van der Waals surface area (Å²) in [5.41, 5.74) is 14.1. The number of aromatic amines is 1. The molecule has 0 bridgehead atoms. The number of fused-ring (bicyclic) bond motifs is 4. The molecular formula is C50H75ClN12O5S2Si. The van der Waals surface area contributed by atoms with Crippen molar-refractivity contribution in [2.24, 2.45) is 10.8 Å². The fourth-order valence-corrected chi connectivity index (χ4v) is 14.9. The maximum absolute atomic E-state index is 13.1. The van der Waals surface area contributed by atoms with Crippen molar-refractivity contribution in [1.82, 2.24) is 49.4 Å². The molecular weight excluding hydrogens is 976 g/mol. The molecule has 4 aliphatic carbocycles. The van der Waals surface area contributed by atoms with E-state index in [0.29, 0.717) is 31.6 Å². The molecule has 0 unspecified atom stereocenters. The lowest BCUT2D eigenvalue weighted by molar-refractivity contribution is 0.00725. The van der Waals surface area contributed by atoms with Crippen LogP contribution in [-0.4, -0.2) is 142 Å². The molecule has 2 spiro atoms. The van der Waals surface area contributed by atoms with Crippen LogP contribution in [0.25, 0.3) is 0 Å². The summed E-state index contributed by atoms with van der Waals surface area (Å²) >= 11 is 0. The number of aryl methyl sites for hydroxylation is 4. The molecule has 2 aromatic heterocycles. The molecule has 2 aromatic carbocycles. The van der Waals surface area contributed by atoms with E-state index in [9.17, 15) is 16.8 Å². The predicted octanol–water partition coefficient (Wildman–Crippen LogP) is 6.78. The number of halogens is 1. The number of piperidine rings is 2. The first-order chi connectivity index (χ1) is 33.9. The number of anilines is 4. The summed E-state index contributed by atoms with van der Waals surface area (Å²) in [6, 6.07) is 5.76. The maximum atomic E-state index is 13.1. The van der Waals surface area contributed by atoms with Crippen LogP contribution in [0.15, 0.2) is 22.4 Å². The van der Waals surface area contributed by atoms with E-state index in [0.717, 1.165) is 113 Å². The number of ether oxygens (including phenoxy) is 1. The molecule has 4 saturated heterocycles. The second-order valence-electron chi connectivity index (χ2n) is 23.2. The normalized spacial score (nSPS) is 21.3. The van der Waals surface area contributed by atoms with Gasteiger partial charge in [0.1, 0.15) is 6.73 Å². The number of nitrogens with one attached hydrogen (secondary N) is 4. The molecule has 71 heavy (non-hydrogen) atoms. The zero-order valence-electron chi connectivity index (χ0n) is 42.6. The first-order valence-electron chi connectivity index (χ1n) is 26.2. The molecule has 4 aromatic rings. The molecule has 4 N–H and O–H groups in total. The number of benzene rings is 2. The average Bonchev–Trinajstić information content (AvgIpc) is 4.17. The molecule has 0 atom stereocenters. The summed E-state index contributed by atoms with van der Waals surface area (Å²) in [6.07, 6.45) is 18.2. The van der Waals surface area contributed by atoms with E-state index in [-0.39, 0.29) is 17.3 Å². The number of nitrogens with zero attached hydrogens (tertiary/aromatic N) is 8. The number of sulfonamides is 1. The Kier molecular flexibility index (Phi) is 14.6. The molecule has 12 rings (SSSR count). The van der Waals surface area contributed by atoms with Crippen molar-refractivity contribution in [2.45, 2.75) is 145 Å². The van der Waals surface area contributed by atoms with Crippen LogP contribution in [0.2, 0.25) is 25.7 Å². The zero-order valence-corrected chi connectivity index (χ0v) is 45.9. The second-order valence-corrected chi connectivity index (χ2v) is 33.1. The fourth-order valence-electron chi connectivity index (χ4n) is 12.0. The van der Waals surface area contributed by atoms with E-state index in [1.165, 1.54) is 101 Å². The molecule has 21 heteroatoms. The Morgan fingerprint density at radius 3 is 1.66 bits per heavy atom.